The standard InChI is InChI=1S/C5H10O4S/c1-10(8)3-2-9-4-5(6)7/h2-4H2,1H3,(H,6,7). The molecule has 1 unspecified atom stereocenters. The molecule has 0 bridgehead atoms. The van der Waals surface area contributed by atoms with Crippen molar-refractivity contribution >= 4 is 16.8 Å². The third kappa shape index (κ3) is 7.58. The summed E-state index contributed by atoms with van der Waals surface area (Å²) in [5.41, 5.74) is 0. The first-order valence-electron chi connectivity index (χ1n) is 2.72. The van der Waals surface area contributed by atoms with Crippen LogP contribution < -0.4 is 0 Å². The van der Waals surface area contributed by atoms with Gasteiger partial charge in [0.05, 0.1) is 6.61 Å². The lowest BCUT2D eigenvalue weighted by molar-refractivity contribution is -0.141. The smallest absolute Gasteiger partial charge is 0.329 e. The Hall–Kier alpha value is -0.420. The van der Waals surface area contributed by atoms with Crippen LogP contribution >= 0.6 is 0 Å². The molecule has 0 saturated heterocycles. The molecule has 0 heterocycles. The van der Waals surface area contributed by atoms with Gasteiger partial charge in [-0.2, -0.15) is 0 Å². The van der Waals surface area contributed by atoms with Crippen LogP contribution in [0.15, 0.2) is 0 Å². The third-order valence-corrected chi connectivity index (χ3v) is 1.48. The van der Waals surface area contributed by atoms with Gasteiger partial charge in [-0.05, 0) is 0 Å². The highest BCUT2D eigenvalue weighted by Crippen LogP contribution is 1.78. The zero-order chi connectivity index (χ0) is 7.98. The largest absolute Gasteiger partial charge is 0.480 e. The van der Waals surface area contributed by atoms with Gasteiger partial charge in [-0.3, -0.25) is 4.21 Å². The predicted octanol–water partition coefficient (Wildman–Crippen LogP) is -0.534. The van der Waals surface area contributed by atoms with Crippen molar-refractivity contribution in [1.29, 1.82) is 0 Å². The molecule has 0 saturated carbocycles. The molecular weight excluding hydrogens is 156 g/mol. The lowest BCUT2D eigenvalue weighted by Crippen LogP contribution is -2.11. The van der Waals surface area contributed by atoms with Gasteiger partial charge in [-0.1, -0.05) is 0 Å². The summed E-state index contributed by atoms with van der Waals surface area (Å²) in [4.78, 5) is 9.84. The summed E-state index contributed by atoms with van der Waals surface area (Å²) in [5, 5.41) is 8.08. The summed E-state index contributed by atoms with van der Waals surface area (Å²) in [5.74, 6) is -0.602. The minimum Gasteiger partial charge on any atom is -0.480 e. The summed E-state index contributed by atoms with van der Waals surface area (Å²) in [6.07, 6.45) is 1.55. The van der Waals surface area contributed by atoms with Crippen LogP contribution in [-0.2, 0) is 20.3 Å². The minimum absolute atomic E-state index is 0.245. The van der Waals surface area contributed by atoms with E-state index in [0.717, 1.165) is 0 Å². The van der Waals surface area contributed by atoms with Crippen molar-refractivity contribution in [1.82, 2.24) is 0 Å². The quantitative estimate of drug-likeness (QED) is 0.557. The average Bonchev–Trinajstić information content (AvgIpc) is 1.79. The van der Waals surface area contributed by atoms with E-state index in [0.29, 0.717) is 5.75 Å². The monoisotopic (exact) mass is 166 g/mol. The lowest BCUT2D eigenvalue weighted by Gasteiger charge is -1.96. The van der Waals surface area contributed by atoms with Crippen molar-refractivity contribution in [2.24, 2.45) is 0 Å². The molecule has 5 heteroatoms. The maximum atomic E-state index is 10.4. The highest BCUT2D eigenvalue weighted by Gasteiger charge is 1.96. The Morgan fingerprint density at radius 2 is 2.30 bits per heavy atom. The van der Waals surface area contributed by atoms with Gasteiger partial charge < -0.3 is 9.84 Å². The Labute approximate surface area is 61.6 Å². The Morgan fingerprint density at radius 3 is 2.70 bits per heavy atom. The molecule has 0 rings (SSSR count). The molecule has 0 aliphatic carbocycles. The van der Waals surface area contributed by atoms with Crippen LogP contribution in [0, 0.1) is 0 Å². The Bertz CT molecular complexity index is 118. The van der Waals surface area contributed by atoms with Crippen LogP contribution in [-0.4, -0.2) is 40.5 Å². The maximum absolute atomic E-state index is 10.4. The normalized spacial score (nSPS) is 12.9. The van der Waals surface area contributed by atoms with Crippen LogP contribution in [0.4, 0.5) is 0 Å². The predicted molar refractivity (Wildman–Crippen MR) is 37.4 cm³/mol. The molecule has 0 aliphatic heterocycles. The van der Waals surface area contributed by atoms with Gasteiger partial charge in [0.25, 0.3) is 0 Å². The number of hydrogen-bond donors (Lipinski definition) is 1. The molecule has 0 fully saturated rings. The van der Waals surface area contributed by atoms with Crippen LogP contribution in [0.3, 0.4) is 0 Å². The van der Waals surface area contributed by atoms with E-state index in [-0.39, 0.29) is 13.2 Å². The van der Waals surface area contributed by atoms with Crippen molar-refractivity contribution < 1.29 is 18.8 Å². The minimum atomic E-state index is -0.998. The van der Waals surface area contributed by atoms with Crippen LogP contribution in [0.1, 0.15) is 0 Å². The molecular formula is C5H10O4S. The van der Waals surface area contributed by atoms with E-state index in [2.05, 4.69) is 4.74 Å². The van der Waals surface area contributed by atoms with Crippen molar-refractivity contribution in [2.75, 3.05) is 25.2 Å². The highest BCUT2D eigenvalue weighted by atomic mass is 32.2. The van der Waals surface area contributed by atoms with Crippen molar-refractivity contribution in [3.05, 3.63) is 0 Å². The molecule has 10 heavy (non-hydrogen) atoms. The first kappa shape index (κ1) is 9.58. The zero-order valence-corrected chi connectivity index (χ0v) is 6.52. The van der Waals surface area contributed by atoms with Crippen LogP contribution in [0.25, 0.3) is 0 Å². The second-order valence-corrected chi connectivity index (χ2v) is 3.28. The molecule has 60 valence electrons. The molecule has 1 atom stereocenters. The summed E-state index contributed by atoms with van der Waals surface area (Å²) in [6.45, 7) is -0.0629. The number of carboxylic acid groups (broad SMARTS) is 1. The van der Waals surface area contributed by atoms with Gasteiger partial charge in [-0.25, -0.2) is 4.79 Å². The topological polar surface area (TPSA) is 63.6 Å². The number of hydrogen-bond acceptors (Lipinski definition) is 3. The lowest BCUT2D eigenvalue weighted by atomic mass is 10.7. The molecule has 0 radical (unpaired) electrons. The van der Waals surface area contributed by atoms with E-state index in [1.165, 1.54) is 0 Å². The number of aliphatic carboxylic acids is 1. The molecule has 0 amide bonds. The first-order chi connectivity index (χ1) is 4.63. The number of rotatable bonds is 5. The van der Waals surface area contributed by atoms with E-state index in [1.54, 1.807) is 6.26 Å². The SMILES string of the molecule is CS(=O)CCOCC(=O)O. The fourth-order valence-electron chi connectivity index (χ4n) is 0.336. The first-order valence-corrected chi connectivity index (χ1v) is 4.45. The number of carbonyl (C=O) groups is 1. The number of carboxylic acids is 1. The molecule has 0 spiro atoms. The molecule has 0 aliphatic rings. The number of ether oxygens (including phenoxy) is 1. The molecule has 0 aromatic rings. The van der Waals surface area contributed by atoms with E-state index >= 15 is 0 Å². The van der Waals surface area contributed by atoms with E-state index in [1.807, 2.05) is 0 Å². The zero-order valence-electron chi connectivity index (χ0n) is 5.70. The van der Waals surface area contributed by atoms with Crippen molar-refractivity contribution in [3.8, 4) is 0 Å². The molecule has 4 nitrogen and oxygen atoms in total. The fourth-order valence-corrected chi connectivity index (χ4v) is 0.688. The van der Waals surface area contributed by atoms with E-state index in [9.17, 15) is 9.00 Å². The van der Waals surface area contributed by atoms with E-state index in [4.69, 9.17) is 5.11 Å². The second-order valence-electron chi connectivity index (χ2n) is 1.72. The summed E-state index contributed by atoms with van der Waals surface area (Å²) in [7, 11) is -0.898. The van der Waals surface area contributed by atoms with E-state index < -0.39 is 16.8 Å². The summed E-state index contributed by atoms with van der Waals surface area (Å²) < 4.78 is 15.0. The van der Waals surface area contributed by atoms with Crippen LogP contribution in [0.5, 0.6) is 0 Å². The van der Waals surface area contributed by atoms with Gasteiger partial charge in [-0.15, -0.1) is 0 Å². The molecule has 1 N–H and O–H groups in total. The van der Waals surface area contributed by atoms with Gasteiger partial charge in [0.1, 0.15) is 6.61 Å². The molecule has 0 aromatic heterocycles. The third-order valence-electron chi connectivity index (χ3n) is 0.741. The Balaban J connectivity index is 3.06. The van der Waals surface area contributed by atoms with Gasteiger partial charge in [0, 0.05) is 22.8 Å². The average molecular weight is 166 g/mol. The summed E-state index contributed by atoms with van der Waals surface area (Å²) in [6, 6.07) is 0. The highest BCUT2D eigenvalue weighted by molar-refractivity contribution is 7.84. The fraction of sp³-hybridized carbons (Fsp3) is 0.800. The van der Waals surface area contributed by atoms with Crippen molar-refractivity contribution in [2.45, 2.75) is 0 Å². The second kappa shape index (κ2) is 5.37. The van der Waals surface area contributed by atoms with Gasteiger partial charge in [0.2, 0.25) is 0 Å². The summed E-state index contributed by atoms with van der Waals surface area (Å²) >= 11 is 0. The Kier molecular flexibility index (Phi) is 5.15. The Morgan fingerprint density at radius 1 is 1.70 bits per heavy atom. The molecule has 0 aromatic carbocycles. The van der Waals surface area contributed by atoms with Gasteiger partial charge >= 0.3 is 5.97 Å². The maximum Gasteiger partial charge on any atom is 0.329 e. The van der Waals surface area contributed by atoms with Gasteiger partial charge in [0.15, 0.2) is 0 Å². The van der Waals surface area contributed by atoms with Crippen LogP contribution in [0.2, 0.25) is 0 Å². The van der Waals surface area contributed by atoms with Crippen molar-refractivity contribution in [3.63, 3.8) is 0 Å².